The zero-order valence-electron chi connectivity index (χ0n) is 12.9. The topological polar surface area (TPSA) is 78.6 Å². The van der Waals surface area contributed by atoms with Gasteiger partial charge in [0, 0.05) is 6.42 Å². The Morgan fingerprint density at radius 1 is 1.00 bits per heavy atom. The molecule has 0 aliphatic rings. The SMILES string of the molecule is CCCCCCCCC(OC(N)=O)=C(C)C(=O)OCC. The molecule has 0 bridgehead atoms. The van der Waals surface area contributed by atoms with Crippen molar-refractivity contribution in [3.8, 4) is 0 Å². The average molecular weight is 285 g/mol. The molecule has 0 radical (unpaired) electrons. The van der Waals surface area contributed by atoms with E-state index in [1.165, 1.54) is 19.3 Å². The molecule has 0 aromatic carbocycles. The Bertz CT molecular complexity index is 337. The summed E-state index contributed by atoms with van der Waals surface area (Å²) in [5.41, 5.74) is 5.35. The lowest BCUT2D eigenvalue weighted by molar-refractivity contribution is -0.138. The van der Waals surface area contributed by atoms with E-state index < -0.39 is 12.1 Å². The Morgan fingerprint density at radius 3 is 2.15 bits per heavy atom. The molecule has 116 valence electrons. The molecule has 0 aromatic rings. The summed E-state index contributed by atoms with van der Waals surface area (Å²) in [5.74, 6) is -0.138. The predicted molar refractivity (Wildman–Crippen MR) is 78.0 cm³/mol. The molecule has 0 aromatic heterocycles. The lowest BCUT2D eigenvalue weighted by atomic mass is 10.1. The van der Waals surface area contributed by atoms with Crippen molar-refractivity contribution in [3.63, 3.8) is 0 Å². The summed E-state index contributed by atoms with van der Waals surface area (Å²) >= 11 is 0. The van der Waals surface area contributed by atoms with E-state index in [1.807, 2.05) is 0 Å². The molecule has 5 nitrogen and oxygen atoms in total. The second-order valence-electron chi connectivity index (χ2n) is 4.71. The van der Waals surface area contributed by atoms with Gasteiger partial charge in [0.25, 0.3) is 0 Å². The summed E-state index contributed by atoms with van der Waals surface area (Å²) in [6.45, 7) is 5.78. The first-order chi connectivity index (χ1) is 9.52. The highest BCUT2D eigenvalue weighted by Crippen LogP contribution is 2.17. The third-order valence-electron chi connectivity index (χ3n) is 2.98. The molecular formula is C15H27NO4. The minimum atomic E-state index is -0.894. The molecule has 1 amide bonds. The third kappa shape index (κ3) is 8.56. The molecule has 0 rings (SSSR count). The Labute approximate surface area is 121 Å². The average Bonchev–Trinajstić information content (AvgIpc) is 2.40. The number of nitrogens with two attached hydrogens (primary N) is 1. The summed E-state index contributed by atoms with van der Waals surface area (Å²) < 4.78 is 9.82. The number of esters is 1. The molecule has 0 fully saturated rings. The Balaban J connectivity index is 4.37. The van der Waals surface area contributed by atoms with Gasteiger partial charge in [-0.3, -0.25) is 0 Å². The van der Waals surface area contributed by atoms with Crippen LogP contribution in [-0.2, 0) is 14.3 Å². The molecule has 0 spiro atoms. The summed E-state index contributed by atoms with van der Waals surface area (Å²) in [5, 5.41) is 0. The lowest BCUT2D eigenvalue weighted by Gasteiger charge is -2.10. The van der Waals surface area contributed by atoms with E-state index in [0.717, 1.165) is 19.3 Å². The largest absolute Gasteiger partial charge is 0.463 e. The number of carbonyl (C=O) groups is 2. The number of rotatable bonds is 10. The van der Waals surface area contributed by atoms with Crippen LogP contribution in [0.2, 0.25) is 0 Å². The minimum absolute atomic E-state index is 0.289. The molecular weight excluding hydrogens is 258 g/mol. The highest BCUT2D eigenvalue weighted by Gasteiger charge is 2.15. The second-order valence-corrected chi connectivity index (χ2v) is 4.71. The highest BCUT2D eigenvalue weighted by molar-refractivity contribution is 5.88. The number of ether oxygens (including phenoxy) is 2. The number of hydrogen-bond donors (Lipinski definition) is 1. The normalized spacial score (nSPS) is 11.8. The molecule has 0 saturated carbocycles. The van der Waals surface area contributed by atoms with E-state index >= 15 is 0 Å². The van der Waals surface area contributed by atoms with Crippen LogP contribution in [0.5, 0.6) is 0 Å². The monoisotopic (exact) mass is 285 g/mol. The maximum atomic E-state index is 11.6. The molecule has 0 saturated heterocycles. The van der Waals surface area contributed by atoms with Crippen LogP contribution in [0.4, 0.5) is 4.79 Å². The summed E-state index contributed by atoms with van der Waals surface area (Å²) in [6, 6.07) is 0. The van der Waals surface area contributed by atoms with E-state index in [2.05, 4.69) is 6.92 Å². The van der Waals surface area contributed by atoms with Crippen LogP contribution < -0.4 is 5.73 Å². The second kappa shape index (κ2) is 11.3. The Kier molecular flexibility index (Phi) is 10.5. The van der Waals surface area contributed by atoms with Crippen molar-refractivity contribution in [1.82, 2.24) is 0 Å². The van der Waals surface area contributed by atoms with Crippen molar-refractivity contribution in [2.45, 2.75) is 65.7 Å². The first-order valence-corrected chi connectivity index (χ1v) is 7.37. The Morgan fingerprint density at radius 2 is 1.60 bits per heavy atom. The van der Waals surface area contributed by atoms with Gasteiger partial charge in [-0.1, -0.05) is 39.0 Å². The van der Waals surface area contributed by atoms with Crippen LogP contribution in [0.25, 0.3) is 0 Å². The minimum Gasteiger partial charge on any atom is -0.463 e. The van der Waals surface area contributed by atoms with Gasteiger partial charge in [0.2, 0.25) is 0 Å². The fourth-order valence-electron chi connectivity index (χ4n) is 1.86. The summed E-state index contributed by atoms with van der Waals surface area (Å²) in [4.78, 5) is 22.5. The van der Waals surface area contributed by atoms with Crippen LogP contribution in [-0.4, -0.2) is 18.7 Å². The van der Waals surface area contributed by atoms with Crippen LogP contribution in [0.15, 0.2) is 11.3 Å². The molecule has 0 aliphatic heterocycles. The first-order valence-electron chi connectivity index (χ1n) is 7.37. The van der Waals surface area contributed by atoms with Crippen LogP contribution in [0, 0.1) is 0 Å². The predicted octanol–water partition coefficient (Wildman–Crippen LogP) is 3.67. The van der Waals surface area contributed by atoms with E-state index in [1.54, 1.807) is 13.8 Å². The van der Waals surface area contributed by atoms with E-state index in [4.69, 9.17) is 15.2 Å². The summed E-state index contributed by atoms with van der Waals surface area (Å²) in [7, 11) is 0. The number of primary amides is 1. The van der Waals surface area contributed by atoms with Crippen molar-refractivity contribution >= 4 is 12.1 Å². The van der Waals surface area contributed by atoms with Gasteiger partial charge < -0.3 is 15.2 Å². The van der Waals surface area contributed by atoms with Gasteiger partial charge in [-0.15, -0.1) is 0 Å². The lowest BCUT2D eigenvalue weighted by Crippen LogP contribution is -2.16. The van der Waals surface area contributed by atoms with Crippen molar-refractivity contribution in [2.24, 2.45) is 5.73 Å². The molecule has 0 aliphatic carbocycles. The molecule has 0 unspecified atom stereocenters. The molecule has 2 N–H and O–H groups in total. The number of amides is 1. The molecule has 0 atom stereocenters. The number of unbranched alkanes of at least 4 members (excludes halogenated alkanes) is 5. The fraction of sp³-hybridized carbons (Fsp3) is 0.733. The zero-order valence-corrected chi connectivity index (χ0v) is 12.9. The van der Waals surface area contributed by atoms with Crippen molar-refractivity contribution in [1.29, 1.82) is 0 Å². The van der Waals surface area contributed by atoms with Gasteiger partial charge >= 0.3 is 12.1 Å². The van der Waals surface area contributed by atoms with Crippen molar-refractivity contribution in [3.05, 3.63) is 11.3 Å². The van der Waals surface area contributed by atoms with Gasteiger partial charge in [0.05, 0.1) is 12.2 Å². The van der Waals surface area contributed by atoms with Crippen molar-refractivity contribution in [2.75, 3.05) is 6.61 Å². The maximum Gasteiger partial charge on any atom is 0.409 e. The highest BCUT2D eigenvalue weighted by atomic mass is 16.6. The quantitative estimate of drug-likeness (QED) is 0.287. The fourth-order valence-corrected chi connectivity index (χ4v) is 1.86. The molecule has 20 heavy (non-hydrogen) atoms. The van der Waals surface area contributed by atoms with Gasteiger partial charge in [-0.2, -0.15) is 0 Å². The molecule has 0 heterocycles. The van der Waals surface area contributed by atoms with Gasteiger partial charge in [0.1, 0.15) is 5.76 Å². The van der Waals surface area contributed by atoms with Crippen LogP contribution >= 0.6 is 0 Å². The smallest absolute Gasteiger partial charge is 0.409 e. The van der Waals surface area contributed by atoms with E-state index in [9.17, 15) is 9.59 Å². The van der Waals surface area contributed by atoms with E-state index in [0.29, 0.717) is 17.8 Å². The number of allylic oxidation sites excluding steroid dienone is 1. The van der Waals surface area contributed by atoms with Gasteiger partial charge in [0.15, 0.2) is 0 Å². The van der Waals surface area contributed by atoms with Gasteiger partial charge in [-0.05, 0) is 20.3 Å². The number of carbonyl (C=O) groups excluding carboxylic acids is 2. The van der Waals surface area contributed by atoms with Crippen molar-refractivity contribution < 1.29 is 19.1 Å². The van der Waals surface area contributed by atoms with Crippen LogP contribution in [0.1, 0.15) is 65.7 Å². The summed E-state index contributed by atoms with van der Waals surface area (Å²) in [6.07, 6.45) is 6.35. The zero-order chi connectivity index (χ0) is 15.4. The first kappa shape index (κ1) is 18.5. The molecule has 5 heteroatoms. The Hall–Kier alpha value is -1.52. The maximum absolute atomic E-state index is 11.6. The van der Waals surface area contributed by atoms with E-state index in [-0.39, 0.29) is 6.61 Å². The number of hydrogen-bond acceptors (Lipinski definition) is 4. The standard InChI is InChI=1S/C15H27NO4/c1-4-6-7-8-9-10-11-13(20-15(16)18)12(3)14(17)19-5-2/h4-11H2,1-3H3,(H2,16,18). The van der Waals surface area contributed by atoms with Gasteiger partial charge in [-0.25, -0.2) is 9.59 Å². The van der Waals surface area contributed by atoms with Crippen LogP contribution in [0.3, 0.4) is 0 Å². The third-order valence-corrected chi connectivity index (χ3v) is 2.98.